The predicted octanol–water partition coefficient (Wildman–Crippen LogP) is 1.44. The van der Waals surface area contributed by atoms with Crippen LogP contribution in [0.15, 0.2) is 27.4 Å². The minimum atomic E-state index is -0.540. The van der Waals surface area contributed by atoms with Gasteiger partial charge in [-0.05, 0) is 30.9 Å². The maximum atomic E-state index is 12.4. The summed E-state index contributed by atoms with van der Waals surface area (Å²) < 4.78 is 6.47. The van der Waals surface area contributed by atoms with Crippen LogP contribution in [0.3, 0.4) is 0 Å². The number of amides is 1. The van der Waals surface area contributed by atoms with Gasteiger partial charge in [-0.15, -0.1) is 0 Å². The van der Waals surface area contributed by atoms with Crippen LogP contribution in [0.25, 0.3) is 11.1 Å². The van der Waals surface area contributed by atoms with Crippen molar-refractivity contribution < 1.29 is 9.21 Å². The number of fused-ring (bicyclic) bond motifs is 1. The molecule has 0 saturated carbocycles. The van der Waals surface area contributed by atoms with Gasteiger partial charge in [-0.3, -0.25) is 9.36 Å². The number of carbonyl (C=O) groups excluding carboxylic acids is 1. The summed E-state index contributed by atoms with van der Waals surface area (Å²) >= 11 is 0. The van der Waals surface area contributed by atoms with Crippen molar-refractivity contribution in [3.63, 3.8) is 0 Å². The quantitative estimate of drug-likeness (QED) is 0.848. The summed E-state index contributed by atoms with van der Waals surface area (Å²) in [4.78, 5) is 26.1. The van der Waals surface area contributed by atoms with Crippen molar-refractivity contribution >= 4 is 22.7 Å². The van der Waals surface area contributed by atoms with Crippen LogP contribution in [0.2, 0.25) is 0 Å². The van der Waals surface area contributed by atoms with Crippen LogP contribution in [0, 0.1) is 5.92 Å². The van der Waals surface area contributed by atoms with Gasteiger partial charge >= 0.3 is 5.76 Å². The number of likely N-dealkylation sites (tertiary alicyclic amines) is 1. The number of hydrogen-bond donors (Lipinski definition) is 1. The van der Waals surface area contributed by atoms with E-state index in [1.807, 2.05) is 4.90 Å². The molecule has 2 N–H and O–H groups in total. The number of nitrogen functional groups attached to an aromatic ring is 1. The molecule has 1 aliphatic heterocycles. The molecule has 2 aromatic rings. The molecule has 1 amide bonds. The molecule has 1 saturated heterocycles. The SMILES string of the molecule is CC1CCN(C(=O)Cn2c(=O)oc3cccc(N)c32)CC1. The molecule has 0 unspecified atom stereocenters. The van der Waals surface area contributed by atoms with Crippen LogP contribution >= 0.6 is 0 Å². The first-order chi connectivity index (χ1) is 10.1. The van der Waals surface area contributed by atoms with Crippen LogP contribution in [0.5, 0.6) is 0 Å². The average Bonchev–Trinajstić information content (AvgIpc) is 2.77. The summed E-state index contributed by atoms with van der Waals surface area (Å²) in [5, 5.41) is 0. The minimum absolute atomic E-state index is 0.0194. The number of piperidine rings is 1. The third-order valence-corrected chi connectivity index (χ3v) is 4.15. The van der Waals surface area contributed by atoms with Gasteiger partial charge in [-0.1, -0.05) is 13.0 Å². The number of carbonyl (C=O) groups is 1. The van der Waals surface area contributed by atoms with Gasteiger partial charge in [0.05, 0.1) is 5.69 Å². The number of aromatic nitrogens is 1. The number of nitrogens with zero attached hydrogens (tertiary/aromatic N) is 2. The van der Waals surface area contributed by atoms with Gasteiger partial charge in [0, 0.05) is 13.1 Å². The van der Waals surface area contributed by atoms with Gasteiger partial charge in [-0.25, -0.2) is 4.79 Å². The smallest absolute Gasteiger partial charge is 0.408 e. The lowest BCUT2D eigenvalue weighted by atomic mass is 9.99. The second-order valence-electron chi connectivity index (χ2n) is 5.71. The summed E-state index contributed by atoms with van der Waals surface area (Å²) in [5.74, 6) is 0.0544. The highest BCUT2D eigenvalue weighted by atomic mass is 16.4. The van der Waals surface area contributed by atoms with E-state index >= 15 is 0 Å². The largest absolute Gasteiger partial charge is 0.420 e. The third kappa shape index (κ3) is 2.53. The Balaban J connectivity index is 1.86. The number of nitrogens with two attached hydrogens (primary N) is 1. The van der Waals surface area contributed by atoms with E-state index < -0.39 is 5.76 Å². The standard InChI is InChI=1S/C15H19N3O3/c1-10-5-7-17(8-6-10)13(19)9-18-14-11(16)3-2-4-12(14)21-15(18)20/h2-4,10H,5-9,16H2,1H3. The first-order valence-electron chi connectivity index (χ1n) is 7.22. The molecule has 0 bridgehead atoms. The molecule has 6 nitrogen and oxygen atoms in total. The first kappa shape index (κ1) is 13.7. The number of anilines is 1. The molecule has 2 heterocycles. The molecular weight excluding hydrogens is 270 g/mol. The van der Waals surface area contributed by atoms with Gasteiger partial charge in [0.15, 0.2) is 5.58 Å². The van der Waals surface area contributed by atoms with E-state index in [0.717, 1.165) is 25.9 Å². The second kappa shape index (κ2) is 5.27. The highest BCUT2D eigenvalue weighted by Crippen LogP contribution is 2.21. The Morgan fingerprint density at radius 2 is 2.10 bits per heavy atom. The molecule has 112 valence electrons. The van der Waals surface area contributed by atoms with Crippen LogP contribution in [-0.4, -0.2) is 28.5 Å². The van der Waals surface area contributed by atoms with Crippen LogP contribution in [0.4, 0.5) is 5.69 Å². The van der Waals surface area contributed by atoms with Crippen molar-refractivity contribution in [2.75, 3.05) is 18.8 Å². The monoisotopic (exact) mass is 289 g/mol. The van der Waals surface area contributed by atoms with E-state index in [1.54, 1.807) is 18.2 Å². The fraction of sp³-hybridized carbons (Fsp3) is 0.467. The van der Waals surface area contributed by atoms with Crippen LogP contribution in [-0.2, 0) is 11.3 Å². The Kier molecular flexibility index (Phi) is 3.45. The van der Waals surface area contributed by atoms with Crippen molar-refractivity contribution in [3.05, 3.63) is 28.7 Å². The number of para-hydroxylation sites is 1. The number of rotatable bonds is 2. The molecule has 1 aromatic heterocycles. The topological polar surface area (TPSA) is 81.5 Å². The first-order valence-corrected chi connectivity index (χ1v) is 7.22. The molecule has 1 fully saturated rings. The van der Waals surface area contributed by atoms with Crippen molar-refractivity contribution in [1.29, 1.82) is 0 Å². The molecule has 0 spiro atoms. The number of hydrogen-bond acceptors (Lipinski definition) is 4. The van der Waals surface area contributed by atoms with Gasteiger partial charge in [0.1, 0.15) is 12.1 Å². The molecule has 0 aliphatic carbocycles. The lowest BCUT2D eigenvalue weighted by Crippen LogP contribution is -2.40. The van der Waals surface area contributed by atoms with E-state index in [2.05, 4.69) is 6.92 Å². The van der Waals surface area contributed by atoms with Gasteiger partial charge < -0.3 is 15.1 Å². The Bertz CT molecular complexity index is 723. The maximum Gasteiger partial charge on any atom is 0.420 e. The highest BCUT2D eigenvalue weighted by Gasteiger charge is 2.22. The van der Waals surface area contributed by atoms with E-state index in [0.29, 0.717) is 22.7 Å². The minimum Gasteiger partial charge on any atom is -0.408 e. The summed E-state index contributed by atoms with van der Waals surface area (Å²) in [5.41, 5.74) is 7.26. The lowest BCUT2D eigenvalue weighted by molar-refractivity contribution is -0.133. The highest BCUT2D eigenvalue weighted by molar-refractivity contribution is 5.87. The zero-order valence-electron chi connectivity index (χ0n) is 12.0. The van der Waals surface area contributed by atoms with Crippen molar-refractivity contribution in [3.8, 4) is 0 Å². The maximum absolute atomic E-state index is 12.4. The molecule has 0 atom stereocenters. The summed E-state index contributed by atoms with van der Waals surface area (Å²) in [6.45, 7) is 3.67. The number of oxazole rings is 1. The lowest BCUT2D eigenvalue weighted by Gasteiger charge is -2.30. The zero-order chi connectivity index (χ0) is 15.0. The van der Waals surface area contributed by atoms with E-state index in [-0.39, 0.29) is 12.5 Å². The Morgan fingerprint density at radius 3 is 2.81 bits per heavy atom. The number of benzene rings is 1. The fourth-order valence-corrected chi connectivity index (χ4v) is 2.79. The van der Waals surface area contributed by atoms with Crippen LogP contribution in [0.1, 0.15) is 19.8 Å². The van der Waals surface area contributed by atoms with Gasteiger partial charge in [0.25, 0.3) is 0 Å². The molecule has 1 aromatic carbocycles. The van der Waals surface area contributed by atoms with E-state index in [1.165, 1.54) is 4.57 Å². The van der Waals surface area contributed by atoms with Crippen molar-refractivity contribution in [2.24, 2.45) is 5.92 Å². The van der Waals surface area contributed by atoms with Gasteiger partial charge in [-0.2, -0.15) is 0 Å². The van der Waals surface area contributed by atoms with E-state index in [4.69, 9.17) is 10.2 Å². The molecule has 6 heteroatoms. The Hall–Kier alpha value is -2.24. The normalized spacial score (nSPS) is 16.5. The second-order valence-corrected chi connectivity index (χ2v) is 5.71. The average molecular weight is 289 g/mol. The molecule has 21 heavy (non-hydrogen) atoms. The zero-order valence-corrected chi connectivity index (χ0v) is 12.0. The molecule has 3 rings (SSSR count). The molecule has 1 aliphatic rings. The Labute approximate surface area is 122 Å². The fourth-order valence-electron chi connectivity index (χ4n) is 2.79. The molecular formula is C15H19N3O3. The van der Waals surface area contributed by atoms with Crippen molar-refractivity contribution in [2.45, 2.75) is 26.3 Å². The summed E-state index contributed by atoms with van der Waals surface area (Å²) in [6.07, 6.45) is 2.02. The Morgan fingerprint density at radius 1 is 1.38 bits per heavy atom. The predicted molar refractivity (Wildman–Crippen MR) is 79.9 cm³/mol. The van der Waals surface area contributed by atoms with E-state index in [9.17, 15) is 9.59 Å². The summed E-state index contributed by atoms with van der Waals surface area (Å²) in [6, 6.07) is 5.09. The summed E-state index contributed by atoms with van der Waals surface area (Å²) in [7, 11) is 0. The van der Waals surface area contributed by atoms with Crippen LogP contribution < -0.4 is 11.5 Å². The third-order valence-electron chi connectivity index (χ3n) is 4.15. The van der Waals surface area contributed by atoms with Gasteiger partial charge in [0.2, 0.25) is 5.91 Å². The molecule has 0 radical (unpaired) electrons. The van der Waals surface area contributed by atoms with Crippen molar-refractivity contribution in [1.82, 2.24) is 9.47 Å².